The van der Waals surface area contributed by atoms with Crippen molar-refractivity contribution in [3.8, 4) is 0 Å². The summed E-state index contributed by atoms with van der Waals surface area (Å²) in [4.78, 5) is 20.2. The maximum atomic E-state index is 11.7. The predicted molar refractivity (Wildman–Crippen MR) is 78.4 cm³/mol. The number of ether oxygens (including phenoxy) is 1. The molecule has 0 aliphatic rings. The van der Waals surface area contributed by atoms with Crippen molar-refractivity contribution in [1.82, 2.24) is 9.97 Å². The van der Waals surface area contributed by atoms with Gasteiger partial charge in [0, 0.05) is 11.9 Å². The van der Waals surface area contributed by atoms with E-state index in [0.29, 0.717) is 6.54 Å². The molecule has 1 heterocycles. The number of hydrogen-bond donors (Lipinski definition) is 1. The highest BCUT2D eigenvalue weighted by Gasteiger charge is 2.16. The molecule has 20 heavy (non-hydrogen) atoms. The van der Waals surface area contributed by atoms with Crippen LogP contribution in [0, 0.1) is 5.92 Å². The lowest BCUT2D eigenvalue weighted by atomic mass is 10.1. The molecule has 0 saturated carbocycles. The van der Waals surface area contributed by atoms with Crippen LogP contribution in [0.4, 0.5) is 5.82 Å². The number of nitrogens with zero attached hydrogens (tertiary/aromatic N) is 2. The quantitative estimate of drug-likeness (QED) is 0.848. The summed E-state index contributed by atoms with van der Waals surface area (Å²) in [5, 5.41) is 4.13. The van der Waals surface area contributed by atoms with E-state index in [9.17, 15) is 4.79 Å². The maximum absolute atomic E-state index is 11.7. The molecule has 1 aromatic heterocycles. The molecule has 1 aromatic carbocycles. The molecule has 0 bridgehead atoms. The van der Waals surface area contributed by atoms with Crippen LogP contribution in [0.1, 0.15) is 20.8 Å². The van der Waals surface area contributed by atoms with E-state index in [4.69, 9.17) is 4.74 Å². The number of aromatic nitrogens is 2. The normalized spacial score (nSPS) is 12.4. The molecule has 1 atom stereocenters. The summed E-state index contributed by atoms with van der Waals surface area (Å²) < 4.78 is 5.18. The van der Waals surface area contributed by atoms with Crippen molar-refractivity contribution in [1.29, 1.82) is 0 Å². The Balaban J connectivity index is 2.04. The summed E-state index contributed by atoms with van der Waals surface area (Å²) in [5.41, 5.74) is 0.877. The molecule has 2 rings (SSSR count). The molecule has 0 radical (unpaired) electrons. The summed E-state index contributed by atoms with van der Waals surface area (Å²) in [5.74, 6) is 0.303. The molecule has 0 aliphatic heterocycles. The van der Waals surface area contributed by atoms with Gasteiger partial charge in [-0.05, 0) is 26.0 Å². The summed E-state index contributed by atoms with van der Waals surface area (Å²) in [6, 6.07) is 7.75. The number of fused-ring (bicyclic) bond motifs is 1. The van der Waals surface area contributed by atoms with Gasteiger partial charge in [0.05, 0.1) is 17.5 Å². The highest BCUT2D eigenvalue weighted by atomic mass is 16.5. The van der Waals surface area contributed by atoms with Crippen molar-refractivity contribution in [2.75, 3.05) is 11.9 Å². The van der Waals surface area contributed by atoms with Gasteiger partial charge in [0.25, 0.3) is 0 Å². The van der Waals surface area contributed by atoms with Gasteiger partial charge in [-0.3, -0.25) is 4.79 Å². The number of nitrogens with one attached hydrogen (secondary N) is 1. The first kappa shape index (κ1) is 14.2. The molecule has 5 nitrogen and oxygen atoms in total. The Bertz CT molecular complexity index is 593. The number of esters is 1. The van der Waals surface area contributed by atoms with Crippen molar-refractivity contribution in [2.45, 2.75) is 26.9 Å². The van der Waals surface area contributed by atoms with Crippen LogP contribution in [0.5, 0.6) is 0 Å². The molecular weight excluding hydrogens is 254 g/mol. The van der Waals surface area contributed by atoms with Crippen molar-refractivity contribution in [2.24, 2.45) is 5.92 Å². The summed E-state index contributed by atoms with van der Waals surface area (Å²) in [7, 11) is 0. The third kappa shape index (κ3) is 3.44. The number of hydrogen-bond acceptors (Lipinski definition) is 5. The molecular formula is C15H19N3O2. The van der Waals surface area contributed by atoms with Crippen molar-refractivity contribution >= 4 is 22.7 Å². The van der Waals surface area contributed by atoms with Gasteiger partial charge in [0.2, 0.25) is 0 Å². The van der Waals surface area contributed by atoms with E-state index in [1.807, 2.05) is 45.0 Å². The van der Waals surface area contributed by atoms with Gasteiger partial charge in [0.1, 0.15) is 12.1 Å². The van der Waals surface area contributed by atoms with E-state index >= 15 is 0 Å². The molecule has 0 amide bonds. The third-order valence-corrected chi connectivity index (χ3v) is 2.87. The molecule has 0 spiro atoms. The second kappa shape index (κ2) is 6.32. The third-order valence-electron chi connectivity index (χ3n) is 2.87. The van der Waals surface area contributed by atoms with E-state index in [1.165, 1.54) is 6.33 Å². The Kier molecular flexibility index (Phi) is 4.50. The molecule has 5 heteroatoms. The topological polar surface area (TPSA) is 64.1 Å². The van der Waals surface area contributed by atoms with Gasteiger partial charge in [-0.25, -0.2) is 9.97 Å². The maximum Gasteiger partial charge on any atom is 0.310 e. The van der Waals surface area contributed by atoms with E-state index in [-0.39, 0.29) is 18.0 Å². The number of rotatable bonds is 5. The van der Waals surface area contributed by atoms with Gasteiger partial charge < -0.3 is 10.1 Å². The first-order valence-electron chi connectivity index (χ1n) is 6.72. The van der Waals surface area contributed by atoms with E-state index in [0.717, 1.165) is 16.7 Å². The summed E-state index contributed by atoms with van der Waals surface area (Å²) >= 11 is 0. The molecule has 0 fully saturated rings. The fourth-order valence-electron chi connectivity index (χ4n) is 1.83. The minimum atomic E-state index is -0.230. The number of anilines is 1. The van der Waals surface area contributed by atoms with Gasteiger partial charge >= 0.3 is 5.97 Å². The highest BCUT2D eigenvalue weighted by molar-refractivity contribution is 5.88. The van der Waals surface area contributed by atoms with Crippen molar-refractivity contribution < 1.29 is 9.53 Å². The minimum Gasteiger partial charge on any atom is -0.463 e. The average Bonchev–Trinajstić information content (AvgIpc) is 2.44. The van der Waals surface area contributed by atoms with Crippen LogP contribution in [0.25, 0.3) is 10.9 Å². The second-order valence-electron chi connectivity index (χ2n) is 5.01. The number of carbonyl (C=O) groups is 1. The van der Waals surface area contributed by atoms with Crippen molar-refractivity contribution in [3.63, 3.8) is 0 Å². The number of carbonyl (C=O) groups excluding carboxylic acids is 1. The lowest BCUT2D eigenvalue weighted by Crippen LogP contribution is -2.25. The molecule has 1 N–H and O–H groups in total. The first-order chi connectivity index (χ1) is 9.58. The zero-order valence-electron chi connectivity index (χ0n) is 12.0. The van der Waals surface area contributed by atoms with Crippen LogP contribution < -0.4 is 5.32 Å². The molecule has 1 unspecified atom stereocenters. The SMILES string of the molecule is CC(C)OC(=O)C(C)CNc1ncnc2ccccc12. The van der Waals surface area contributed by atoms with Crippen molar-refractivity contribution in [3.05, 3.63) is 30.6 Å². The molecule has 0 aliphatic carbocycles. The minimum absolute atomic E-state index is 0.0927. The Morgan fingerprint density at radius 1 is 1.25 bits per heavy atom. The van der Waals surface area contributed by atoms with Gasteiger partial charge in [0.15, 0.2) is 0 Å². The number of para-hydroxylation sites is 1. The van der Waals surface area contributed by atoms with Crippen LogP contribution in [0.2, 0.25) is 0 Å². The second-order valence-corrected chi connectivity index (χ2v) is 5.01. The number of benzene rings is 1. The van der Waals surface area contributed by atoms with Crippen LogP contribution >= 0.6 is 0 Å². The van der Waals surface area contributed by atoms with Gasteiger partial charge in [-0.15, -0.1) is 0 Å². The zero-order chi connectivity index (χ0) is 14.5. The lowest BCUT2D eigenvalue weighted by molar-refractivity contribution is -0.151. The average molecular weight is 273 g/mol. The largest absolute Gasteiger partial charge is 0.463 e. The molecule has 0 saturated heterocycles. The smallest absolute Gasteiger partial charge is 0.310 e. The van der Waals surface area contributed by atoms with Gasteiger partial charge in [-0.2, -0.15) is 0 Å². The highest BCUT2D eigenvalue weighted by Crippen LogP contribution is 2.18. The van der Waals surface area contributed by atoms with E-state index in [2.05, 4.69) is 15.3 Å². The molecule has 2 aromatic rings. The van der Waals surface area contributed by atoms with Crippen LogP contribution in [0.15, 0.2) is 30.6 Å². The van der Waals surface area contributed by atoms with Crippen LogP contribution in [-0.4, -0.2) is 28.6 Å². The summed E-state index contributed by atoms with van der Waals surface area (Å²) in [6.07, 6.45) is 1.42. The van der Waals surface area contributed by atoms with E-state index < -0.39 is 0 Å². The Morgan fingerprint density at radius 3 is 2.75 bits per heavy atom. The van der Waals surface area contributed by atoms with Gasteiger partial charge in [-0.1, -0.05) is 19.1 Å². The standard InChI is InChI=1S/C15H19N3O2/c1-10(2)20-15(19)11(3)8-16-14-12-6-4-5-7-13(12)17-9-18-14/h4-7,9-11H,8H2,1-3H3,(H,16,17,18). The predicted octanol–water partition coefficient (Wildman–Crippen LogP) is 2.63. The van der Waals surface area contributed by atoms with Crippen LogP contribution in [0.3, 0.4) is 0 Å². The summed E-state index contributed by atoms with van der Waals surface area (Å²) in [6.45, 7) is 6.00. The Labute approximate surface area is 118 Å². The monoisotopic (exact) mass is 273 g/mol. The first-order valence-corrected chi connectivity index (χ1v) is 6.72. The fraction of sp³-hybridized carbons (Fsp3) is 0.400. The fourth-order valence-corrected chi connectivity index (χ4v) is 1.83. The Hall–Kier alpha value is -2.17. The van der Waals surface area contributed by atoms with E-state index in [1.54, 1.807) is 0 Å². The zero-order valence-corrected chi connectivity index (χ0v) is 12.0. The Morgan fingerprint density at radius 2 is 2.00 bits per heavy atom. The lowest BCUT2D eigenvalue weighted by Gasteiger charge is -2.15. The molecule has 106 valence electrons. The van der Waals surface area contributed by atoms with Crippen LogP contribution in [-0.2, 0) is 9.53 Å².